The zero-order valence-corrected chi connectivity index (χ0v) is 16.9. The molecule has 0 bridgehead atoms. The number of hydrogen-bond donors (Lipinski definition) is 0. The maximum absolute atomic E-state index is 6.80. The van der Waals surface area contributed by atoms with Gasteiger partial charge in [0.15, 0.2) is 0 Å². The van der Waals surface area contributed by atoms with E-state index in [1.165, 1.54) is 49.9 Å². The largest absolute Gasteiger partial charge is 0.0836 e. The van der Waals surface area contributed by atoms with Crippen molar-refractivity contribution < 1.29 is 0 Å². The van der Waals surface area contributed by atoms with Crippen molar-refractivity contribution in [2.24, 2.45) is 0 Å². The molecule has 0 N–H and O–H groups in total. The highest BCUT2D eigenvalue weighted by Gasteiger charge is 2.51. The lowest BCUT2D eigenvalue weighted by atomic mass is 9.70. The molecule has 0 aromatic heterocycles. The molecule has 0 nitrogen and oxygen atoms in total. The Morgan fingerprint density at radius 2 is 1.03 bits per heavy atom. The molecule has 7 rings (SSSR count). The van der Waals surface area contributed by atoms with Gasteiger partial charge in [0.1, 0.15) is 0 Å². The fourth-order valence-corrected chi connectivity index (χ4v) is 6.19. The topological polar surface area (TPSA) is 0 Å². The summed E-state index contributed by atoms with van der Waals surface area (Å²) in [5.74, 6) is 0. The quantitative estimate of drug-likeness (QED) is 0.243. The Balaban J connectivity index is 1.76. The Hall–Kier alpha value is -3.35. The lowest BCUT2D eigenvalue weighted by Gasteiger charge is -2.30. The van der Waals surface area contributed by atoms with E-state index in [4.69, 9.17) is 11.6 Å². The molecule has 140 valence electrons. The van der Waals surface area contributed by atoms with Crippen molar-refractivity contribution in [3.05, 3.63) is 130 Å². The Morgan fingerprint density at radius 1 is 0.467 bits per heavy atom. The van der Waals surface area contributed by atoms with Crippen LogP contribution in [-0.2, 0) is 5.41 Å². The molecule has 0 unspecified atom stereocenters. The van der Waals surface area contributed by atoms with Crippen molar-refractivity contribution >= 4 is 22.4 Å². The minimum Gasteiger partial charge on any atom is -0.0836 e. The first kappa shape index (κ1) is 16.4. The fourth-order valence-electron chi connectivity index (χ4n) is 5.92. The maximum Gasteiger partial charge on any atom is 0.0725 e. The second-order valence-electron chi connectivity index (χ2n) is 8.21. The van der Waals surface area contributed by atoms with E-state index in [0.717, 1.165) is 10.4 Å². The van der Waals surface area contributed by atoms with E-state index in [9.17, 15) is 0 Å². The van der Waals surface area contributed by atoms with Crippen LogP contribution < -0.4 is 0 Å². The van der Waals surface area contributed by atoms with E-state index in [-0.39, 0.29) is 5.41 Å². The Kier molecular flexibility index (Phi) is 3.08. The van der Waals surface area contributed by atoms with Crippen molar-refractivity contribution in [2.75, 3.05) is 0 Å². The molecule has 0 radical (unpaired) electrons. The molecule has 1 spiro atoms. The highest BCUT2D eigenvalue weighted by Crippen LogP contribution is 2.63. The summed E-state index contributed by atoms with van der Waals surface area (Å²) < 4.78 is 0. The van der Waals surface area contributed by atoms with E-state index in [0.29, 0.717) is 0 Å². The summed E-state index contributed by atoms with van der Waals surface area (Å²) >= 11 is 6.80. The van der Waals surface area contributed by atoms with Crippen LogP contribution >= 0.6 is 11.6 Å². The molecule has 0 saturated carbocycles. The minimum absolute atomic E-state index is 0.299. The highest BCUT2D eigenvalue weighted by atomic mass is 35.5. The predicted octanol–water partition coefficient (Wildman–Crippen LogP) is 7.84. The Labute approximate surface area is 180 Å². The van der Waals surface area contributed by atoms with E-state index in [2.05, 4.69) is 91.0 Å². The van der Waals surface area contributed by atoms with Gasteiger partial charge in [-0.15, -0.1) is 0 Å². The van der Waals surface area contributed by atoms with Gasteiger partial charge in [-0.2, -0.15) is 0 Å². The summed E-state index contributed by atoms with van der Waals surface area (Å²) in [5, 5.41) is 3.16. The van der Waals surface area contributed by atoms with Crippen molar-refractivity contribution in [1.82, 2.24) is 0 Å². The molecule has 0 atom stereocenters. The first-order valence-electron chi connectivity index (χ1n) is 10.3. The molecule has 0 aliphatic heterocycles. The van der Waals surface area contributed by atoms with Crippen LogP contribution in [0.3, 0.4) is 0 Å². The van der Waals surface area contributed by atoms with Gasteiger partial charge < -0.3 is 0 Å². The second-order valence-corrected chi connectivity index (χ2v) is 8.62. The molecule has 1 heteroatoms. The van der Waals surface area contributed by atoms with Crippen LogP contribution in [0.25, 0.3) is 33.0 Å². The average molecular weight is 401 g/mol. The van der Waals surface area contributed by atoms with Gasteiger partial charge in [0, 0.05) is 10.4 Å². The molecule has 0 amide bonds. The molecule has 0 fully saturated rings. The van der Waals surface area contributed by atoms with E-state index in [1.54, 1.807) is 0 Å². The van der Waals surface area contributed by atoms with E-state index < -0.39 is 0 Å². The summed E-state index contributed by atoms with van der Waals surface area (Å²) in [6.07, 6.45) is 0. The van der Waals surface area contributed by atoms with Gasteiger partial charge in [0.25, 0.3) is 0 Å². The fraction of sp³-hybridized carbons (Fsp3) is 0.0345. The lowest BCUT2D eigenvalue weighted by Crippen LogP contribution is -2.25. The lowest BCUT2D eigenvalue weighted by molar-refractivity contribution is 0.794. The van der Waals surface area contributed by atoms with Crippen molar-refractivity contribution in [1.29, 1.82) is 0 Å². The molecule has 5 aromatic rings. The van der Waals surface area contributed by atoms with Crippen LogP contribution in [0.4, 0.5) is 0 Å². The van der Waals surface area contributed by atoms with Crippen LogP contribution in [-0.4, -0.2) is 0 Å². The Bertz CT molecular complexity index is 1460. The van der Waals surface area contributed by atoms with Crippen molar-refractivity contribution in [3.8, 4) is 22.3 Å². The molecular weight excluding hydrogens is 384 g/mol. The molecule has 2 aliphatic carbocycles. The monoisotopic (exact) mass is 400 g/mol. The SMILES string of the molecule is Clc1cccc2ccc3c(c12)-c1ccccc1C31c2ccccc2-c2ccccc21. The molecule has 30 heavy (non-hydrogen) atoms. The summed E-state index contributed by atoms with van der Waals surface area (Å²) in [6, 6.07) is 37.4. The van der Waals surface area contributed by atoms with Gasteiger partial charge in [-0.3, -0.25) is 0 Å². The smallest absolute Gasteiger partial charge is 0.0725 e. The van der Waals surface area contributed by atoms with Gasteiger partial charge in [-0.25, -0.2) is 0 Å². The van der Waals surface area contributed by atoms with Crippen LogP contribution in [0.1, 0.15) is 22.3 Å². The normalized spacial score (nSPS) is 14.4. The Morgan fingerprint density at radius 3 is 1.70 bits per heavy atom. The first-order chi connectivity index (χ1) is 14.8. The van der Waals surface area contributed by atoms with Crippen LogP contribution in [0.2, 0.25) is 5.02 Å². The zero-order chi connectivity index (χ0) is 19.9. The second kappa shape index (κ2) is 5.62. The summed E-state index contributed by atoms with van der Waals surface area (Å²) in [4.78, 5) is 0. The summed E-state index contributed by atoms with van der Waals surface area (Å²) in [7, 11) is 0. The summed E-state index contributed by atoms with van der Waals surface area (Å²) in [5.41, 5.74) is 10.3. The van der Waals surface area contributed by atoms with Gasteiger partial charge in [-0.1, -0.05) is 109 Å². The molecule has 0 heterocycles. The van der Waals surface area contributed by atoms with Crippen molar-refractivity contribution in [2.45, 2.75) is 5.41 Å². The maximum atomic E-state index is 6.80. The van der Waals surface area contributed by atoms with Gasteiger partial charge in [0.05, 0.1) is 5.41 Å². The van der Waals surface area contributed by atoms with E-state index in [1.807, 2.05) is 12.1 Å². The van der Waals surface area contributed by atoms with Crippen LogP contribution in [0.5, 0.6) is 0 Å². The first-order valence-corrected chi connectivity index (χ1v) is 10.7. The van der Waals surface area contributed by atoms with Crippen LogP contribution in [0, 0.1) is 0 Å². The minimum atomic E-state index is -0.299. The predicted molar refractivity (Wildman–Crippen MR) is 125 cm³/mol. The van der Waals surface area contributed by atoms with Gasteiger partial charge in [0.2, 0.25) is 0 Å². The van der Waals surface area contributed by atoms with E-state index >= 15 is 0 Å². The number of rotatable bonds is 0. The van der Waals surface area contributed by atoms with Gasteiger partial charge in [-0.05, 0) is 56.0 Å². The van der Waals surface area contributed by atoms with Crippen LogP contribution in [0.15, 0.2) is 103 Å². The number of benzene rings is 5. The number of fused-ring (bicyclic) bond motifs is 12. The number of halogens is 1. The third-order valence-corrected chi connectivity index (χ3v) is 7.27. The zero-order valence-electron chi connectivity index (χ0n) is 16.2. The third-order valence-electron chi connectivity index (χ3n) is 6.95. The molecular formula is C29H17Cl. The van der Waals surface area contributed by atoms with Crippen molar-refractivity contribution in [3.63, 3.8) is 0 Å². The molecule has 2 aliphatic rings. The average Bonchev–Trinajstić information content (AvgIpc) is 3.27. The summed E-state index contributed by atoms with van der Waals surface area (Å²) in [6.45, 7) is 0. The standard InChI is InChI=1S/C29H17Cl/c30-26-15-7-8-18-16-17-25-28(27(18)26)21-11-3-6-14-24(21)29(25)22-12-4-1-9-19(22)20-10-2-5-13-23(20)29/h1-17H. The number of hydrogen-bond acceptors (Lipinski definition) is 0. The van der Waals surface area contributed by atoms with Gasteiger partial charge >= 0.3 is 0 Å². The molecule has 5 aromatic carbocycles. The third kappa shape index (κ3) is 1.75. The molecule has 0 saturated heterocycles. The highest BCUT2D eigenvalue weighted by molar-refractivity contribution is 6.37.